The summed E-state index contributed by atoms with van der Waals surface area (Å²) >= 11 is 0.00694. The molecule has 0 radical (unpaired) electrons. The molecule has 161 valence electrons. The SMILES string of the molecule is CN1CCCN(CCC2CCCN2Cc2ccccc2)CC[N-]CC1.[Cl][Mn][Cl]. The molecule has 0 bridgehead atoms. The monoisotopic (exact) mass is 468 g/mol. The number of hydrogen-bond acceptors (Lipinski definition) is 3. The van der Waals surface area contributed by atoms with E-state index >= 15 is 0 Å². The Bertz CT molecular complexity index is 508. The van der Waals surface area contributed by atoms with Crippen LogP contribution < -0.4 is 0 Å². The average Bonchev–Trinajstić information content (AvgIpc) is 3.14. The molecule has 0 amide bonds. The normalized spacial score (nSPS) is 23.2. The summed E-state index contributed by atoms with van der Waals surface area (Å²) in [6.45, 7) is 10.3. The molecule has 2 aliphatic rings. The second-order valence-electron chi connectivity index (χ2n) is 7.76. The van der Waals surface area contributed by atoms with Gasteiger partial charge in [0.1, 0.15) is 0 Å². The summed E-state index contributed by atoms with van der Waals surface area (Å²) in [5.41, 5.74) is 1.45. The van der Waals surface area contributed by atoms with Gasteiger partial charge in [0.15, 0.2) is 0 Å². The van der Waals surface area contributed by atoms with Crippen molar-refractivity contribution in [3.63, 3.8) is 0 Å². The molecule has 28 heavy (non-hydrogen) atoms. The van der Waals surface area contributed by atoms with E-state index in [0.29, 0.717) is 0 Å². The van der Waals surface area contributed by atoms with Crippen molar-refractivity contribution < 1.29 is 13.1 Å². The van der Waals surface area contributed by atoms with Gasteiger partial charge in [-0.25, -0.2) is 0 Å². The quantitative estimate of drug-likeness (QED) is 0.597. The Morgan fingerprint density at radius 3 is 2.54 bits per heavy atom. The third kappa shape index (κ3) is 9.77. The van der Waals surface area contributed by atoms with Crippen molar-refractivity contribution in [1.29, 1.82) is 0 Å². The van der Waals surface area contributed by atoms with Crippen molar-refractivity contribution >= 4 is 20.2 Å². The second-order valence-corrected chi connectivity index (χ2v) is 9.71. The number of rotatable bonds is 5. The van der Waals surface area contributed by atoms with Crippen LogP contribution in [0.1, 0.15) is 31.2 Å². The van der Waals surface area contributed by atoms with Gasteiger partial charge in [0.2, 0.25) is 0 Å². The van der Waals surface area contributed by atoms with Gasteiger partial charge in [0, 0.05) is 12.6 Å². The molecule has 0 spiro atoms. The minimum atomic E-state index is 0.00694. The summed E-state index contributed by atoms with van der Waals surface area (Å²) in [7, 11) is 11.8. The van der Waals surface area contributed by atoms with E-state index in [1.807, 2.05) is 0 Å². The molecule has 1 aromatic rings. The zero-order valence-electron chi connectivity index (χ0n) is 17.1. The predicted molar refractivity (Wildman–Crippen MR) is 118 cm³/mol. The van der Waals surface area contributed by atoms with Crippen molar-refractivity contribution in [2.24, 2.45) is 0 Å². The molecular weight excluding hydrogens is 434 g/mol. The molecule has 0 N–H and O–H groups in total. The Morgan fingerprint density at radius 2 is 1.75 bits per heavy atom. The first-order valence-electron chi connectivity index (χ1n) is 10.4. The molecule has 0 saturated carbocycles. The van der Waals surface area contributed by atoms with E-state index in [9.17, 15) is 0 Å². The molecular formula is C21H35Cl2MnN4-. The van der Waals surface area contributed by atoms with Crippen LogP contribution >= 0.6 is 20.2 Å². The van der Waals surface area contributed by atoms with Crippen LogP contribution in [0.15, 0.2) is 30.3 Å². The van der Waals surface area contributed by atoms with E-state index in [4.69, 9.17) is 20.2 Å². The maximum atomic E-state index is 4.80. The molecule has 1 aromatic carbocycles. The molecule has 7 heteroatoms. The van der Waals surface area contributed by atoms with Crippen LogP contribution in [-0.2, 0) is 19.7 Å². The molecule has 2 heterocycles. The first-order valence-corrected chi connectivity index (χ1v) is 13.7. The summed E-state index contributed by atoms with van der Waals surface area (Å²) in [6, 6.07) is 11.7. The van der Waals surface area contributed by atoms with Crippen molar-refractivity contribution in [3.8, 4) is 0 Å². The van der Waals surface area contributed by atoms with Crippen LogP contribution in [0, 0.1) is 0 Å². The van der Waals surface area contributed by atoms with E-state index < -0.39 is 0 Å². The van der Waals surface area contributed by atoms with Crippen LogP contribution in [0.5, 0.6) is 0 Å². The molecule has 1 unspecified atom stereocenters. The van der Waals surface area contributed by atoms with E-state index in [-0.39, 0.29) is 13.1 Å². The Balaban J connectivity index is 0.000000878. The zero-order valence-corrected chi connectivity index (χ0v) is 19.8. The Labute approximate surface area is 186 Å². The van der Waals surface area contributed by atoms with Crippen molar-refractivity contribution in [3.05, 3.63) is 41.2 Å². The van der Waals surface area contributed by atoms with E-state index in [2.05, 4.69) is 57.4 Å². The third-order valence-electron chi connectivity index (χ3n) is 5.73. The van der Waals surface area contributed by atoms with E-state index in [1.165, 1.54) is 57.4 Å². The van der Waals surface area contributed by atoms with Crippen molar-refractivity contribution in [2.75, 3.05) is 59.4 Å². The van der Waals surface area contributed by atoms with Gasteiger partial charge in [0.05, 0.1) is 0 Å². The molecule has 1 atom stereocenters. The minimum absolute atomic E-state index is 0.00694. The summed E-state index contributed by atoms with van der Waals surface area (Å²) in [5, 5.41) is 4.69. The molecule has 2 aliphatic heterocycles. The summed E-state index contributed by atoms with van der Waals surface area (Å²) in [5.74, 6) is 0. The van der Waals surface area contributed by atoms with Crippen LogP contribution in [0.3, 0.4) is 0 Å². The molecule has 2 fully saturated rings. The van der Waals surface area contributed by atoms with Crippen LogP contribution in [-0.4, -0.2) is 80.1 Å². The number of halogens is 2. The topological polar surface area (TPSA) is 23.8 Å². The standard InChI is InChI=1S/C21H35N4.2ClH.Mn/c1-23-13-6-14-24(18-12-22-11-17-23)16-10-21-9-5-15-25(21)19-20-7-3-2-4-8-20;;;/h2-4,7-8,21H,5-6,9-19H2,1H3;2*1H;/q-1;;;+2/p-2. The first kappa shape index (κ1) is 24.4. The Hall–Kier alpha value is 0.159. The van der Waals surface area contributed by atoms with Gasteiger partial charge < -0.3 is 15.1 Å². The van der Waals surface area contributed by atoms with Gasteiger partial charge in [-0.1, -0.05) is 30.3 Å². The number of hydrogen-bond donors (Lipinski definition) is 0. The fraction of sp³-hybridized carbons (Fsp3) is 0.714. The second kappa shape index (κ2) is 15.0. The number of nitrogens with zero attached hydrogens (tertiary/aromatic N) is 4. The predicted octanol–water partition coefficient (Wildman–Crippen LogP) is 4.43. The molecule has 2 saturated heterocycles. The molecule has 3 rings (SSSR count). The van der Waals surface area contributed by atoms with E-state index in [0.717, 1.165) is 38.8 Å². The average molecular weight is 469 g/mol. The van der Waals surface area contributed by atoms with Crippen molar-refractivity contribution in [2.45, 2.75) is 38.3 Å². The summed E-state index contributed by atoms with van der Waals surface area (Å²) in [4.78, 5) is 7.78. The van der Waals surface area contributed by atoms with E-state index in [1.54, 1.807) is 0 Å². The third-order valence-corrected chi connectivity index (χ3v) is 5.73. The Morgan fingerprint density at radius 1 is 1.00 bits per heavy atom. The van der Waals surface area contributed by atoms with Crippen molar-refractivity contribution in [1.82, 2.24) is 14.7 Å². The van der Waals surface area contributed by atoms with Gasteiger partial charge in [0.25, 0.3) is 0 Å². The number of likely N-dealkylation sites (tertiary alicyclic amines) is 1. The number of likely N-dealkylation sites (N-methyl/N-ethyl adjacent to an activating group) is 1. The zero-order chi connectivity index (χ0) is 20.0. The fourth-order valence-electron chi connectivity index (χ4n) is 4.16. The molecule has 0 aliphatic carbocycles. The van der Waals surface area contributed by atoms with Crippen LogP contribution in [0.4, 0.5) is 0 Å². The molecule has 4 nitrogen and oxygen atoms in total. The van der Waals surface area contributed by atoms with Gasteiger partial charge in [-0.3, -0.25) is 4.90 Å². The van der Waals surface area contributed by atoms with Gasteiger partial charge >= 0.3 is 33.3 Å². The van der Waals surface area contributed by atoms with Gasteiger partial charge in [-0.15, -0.1) is 13.1 Å². The van der Waals surface area contributed by atoms with Gasteiger partial charge in [-0.2, -0.15) is 0 Å². The summed E-state index contributed by atoms with van der Waals surface area (Å²) in [6.07, 6.45) is 5.32. The van der Waals surface area contributed by atoms with Gasteiger partial charge in [-0.05, 0) is 77.6 Å². The fourth-order valence-corrected chi connectivity index (χ4v) is 4.16. The number of benzene rings is 1. The molecule has 0 aromatic heterocycles. The summed E-state index contributed by atoms with van der Waals surface area (Å²) < 4.78 is 0. The van der Waals surface area contributed by atoms with Crippen LogP contribution in [0.2, 0.25) is 0 Å². The van der Waals surface area contributed by atoms with Crippen LogP contribution in [0.25, 0.3) is 5.32 Å². The first-order chi connectivity index (χ1) is 13.7. The maximum absolute atomic E-state index is 4.80. The Kier molecular flexibility index (Phi) is 13.1.